The molecule has 0 atom stereocenters. The highest BCUT2D eigenvalue weighted by atomic mass is 19.3. The SMILES string of the molecule is Cc1cnc(N(C(=O)C2CC2)c2ccc3c(c2)OC(F)(F)O3)nc1-c1ccc(C(=O)O)cc1. The molecule has 0 unspecified atom stereocenters. The summed E-state index contributed by atoms with van der Waals surface area (Å²) in [6, 6.07) is 10.2. The van der Waals surface area contributed by atoms with Crippen molar-refractivity contribution >= 4 is 23.5 Å². The number of alkyl halides is 2. The van der Waals surface area contributed by atoms with Crippen LogP contribution in [-0.4, -0.2) is 33.2 Å². The minimum atomic E-state index is -3.78. The highest BCUT2D eigenvalue weighted by Crippen LogP contribution is 2.44. The van der Waals surface area contributed by atoms with Crippen molar-refractivity contribution in [1.29, 1.82) is 0 Å². The lowest BCUT2D eigenvalue weighted by atomic mass is 10.1. The Hall–Kier alpha value is -4.08. The lowest BCUT2D eigenvalue weighted by Crippen LogP contribution is -2.29. The number of rotatable bonds is 5. The number of aromatic nitrogens is 2. The molecule has 3 aromatic rings. The Morgan fingerprint density at radius 3 is 2.45 bits per heavy atom. The summed E-state index contributed by atoms with van der Waals surface area (Å²) in [7, 11) is 0. The summed E-state index contributed by atoms with van der Waals surface area (Å²) in [5.74, 6) is -1.76. The predicted molar refractivity (Wildman–Crippen MR) is 112 cm³/mol. The fourth-order valence-electron chi connectivity index (χ4n) is 3.53. The van der Waals surface area contributed by atoms with E-state index in [9.17, 15) is 18.4 Å². The van der Waals surface area contributed by atoms with Gasteiger partial charge < -0.3 is 14.6 Å². The molecule has 1 amide bonds. The number of carboxylic acids is 1. The van der Waals surface area contributed by atoms with Crippen molar-refractivity contribution in [3.8, 4) is 22.8 Å². The van der Waals surface area contributed by atoms with Crippen LogP contribution in [0.5, 0.6) is 11.5 Å². The second kappa shape index (κ2) is 7.51. The maximum absolute atomic E-state index is 13.5. The summed E-state index contributed by atoms with van der Waals surface area (Å²) in [6.45, 7) is 1.79. The Morgan fingerprint density at radius 2 is 1.79 bits per heavy atom. The molecule has 0 radical (unpaired) electrons. The van der Waals surface area contributed by atoms with Gasteiger partial charge in [-0.15, -0.1) is 8.78 Å². The monoisotopic (exact) mass is 453 g/mol. The van der Waals surface area contributed by atoms with Crippen molar-refractivity contribution in [3.63, 3.8) is 0 Å². The Kier molecular flexibility index (Phi) is 4.73. The number of hydrogen-bond donors (Lipinski definition) is 1. The van der Waals surface area contributed by atoms with Gasteiger partial charge in [-0.3, -0.25) is 4.79 Å². The van der Waals surface area contributed by atoms with E-state index in [-0.39, 0.29) is 40.5 Å². The van der Waals surface area contributed by atoms with Crippen LogP contribution in [-0.2, 0) is 4.79 Å². The number of aromatic carboxylic acids is 1. The molecule has 0 spiro atoms. The Labute approximate surface area is 186 Å². The average Bonchev–Trinajstić information content (AvgIpc) is 3.57. The smallest absolute Gasteiger partial charge is 0.478 e. The zero-order valence-electron chi connectivity index (χ0n) is 17.3. The zero-order valence-corrected chi connectivity index (χ0v) is 17.3. The van der Waals surface area contributed by atoms with Gasteiger partial charge in [-0.05, 0) is 49.6 Å². The quantitative estimate of drug-likeness (QED) is 0.605. The van der Waals surface area contributed by atoms with Crippen molar-refractivity contribution in [2.24, 2.45) is 5.92 Å². The molecule has 5 rings (SSSR count). The molecule has 2 aliphatic rings. The number of nitrogens with zero attached hydrogens (tertiary/aromatic N) is 3. The molecule has 1 N–H and O–H groups in total. The van der Waals surface area contributed by atoms with Gasteiger partial charge in [0.1, 0.15) is 0 Å². The van der Waals surface area contributed by atoms with Crippen molar-refractivity contribution in [3.05, 3.63) is 59.8 Å². The molecule has 1 fully saturated rings. The second-order valence-corrected chi connectivity index (χ2v) is 7.83. The van der Waals surface area contributed by atoms with Gasteiger partial charge in [0.05, 0.1) is 16.9 Å². The van der Waals surface area contributed by atoms with Crippen molar-refractivity contribution < 1.29 is 33.0 Å². The number of aryl methyl sites for hydroxylation is 1. The number of anilines is 2. The highest BCUT2D eigenvalue weighted by molar-refractivity contribution is 6.02. The van der Waals surface area contributed by atoms with Crippen LogP contribution in [0.1, 0.15) is 28.8 Å². The summed E-state index contributed by atoms with van der Waals surface area (Å²) in [6.07, 6.45) is -0.792. The largest absolute Gasteiger partial charge is 0.586 e. The number of fused-ring (bicyclic) bond motifs is 1. The van der Waals surface area contributed by atoms with Crippen LogP contribution >= 0.6 is 0 Å². The third-order valence-electron chi connectivity index (χ3n) is 5.35. The lowest BCUT2D eigenvalue weighted by Gasteiger charge is -2.22. The van der Waals surface area contributed by atoms with Gasteiger partial charge in [-0.1, -0.05) is 12.1 Å². The summed E-state index contributed by atoms with van der Waals surface area (Å²) in [5, 5.41) is 9.13. The van der Waals surface area contributed by atoms with E-state index in [0.717, 1.165) is 0 Å². The number of carbonyl (C=O) groups excluding carboxylic acids is 1. The van der Waals surface area contributed by atoms with Crippen LogP contribution < -0.4 is 14.4 Å². The molecule has 1 aliphatic heterocycles. The van der Waals surface area contributed by atoms with Crippen LogP contribution in [0.25, 0.3) is 11.3 Å². The molecular weight excluding hydrogens is 436 g/mol. The Balaban J connectivity index is 1.57. The van der Waals surface area contributed by atoms with E-state index in [1.807, 2.05) is 0 Å². The number of carbonyl (C=O) groups is 2. The zero-order chi connectivity index (χ0) is 23.3. The van der Waals surface area contributed by atoms with Crippen molar-refractivity contribution in [2.75, 3.05) is 4.90 Å². The summed E-state index contributed by atoms with van der Waals surface area (Å²) in [5.41, 5.74) is 2.27. The Bertz CT molecular complexity index is 1280. The summed E-state index contributed by atoms with van der Waals surface area (Å²) >= 11 is 0. The predicted octanol–water partition coefficient (Wildman–Crippen LogP) is 4.55. The van der Waals surface area contributed by atoms with E-state index in [2.05, 4.69) is 19.4 Å². The molecule has 1 aromatic heterocycles. The van der Waals surface area contributed by atoms with Gasteiger partial charge in [0.15, 0.2) is 11.5 Å². The first-order valence-corrected chi connectivity index (χ1v) is 10.1. The fourth-order valence-corrected chi connectivity index (χ4v) is 3.53. The summed E-state index contributed by atoms with van der Waals surface area (Å²) in [4.78, 5) is 34.5. The first-order chi connectivity index (χ1) is 15.7. The Morgan fingerprint density at radius 1 is 1.09 bits per heavy atom. The normalized spacial score (nSPS) is 15.8. The minimum absolute atomic E-state index is 0.0698. The van der Waals surface area contributed by atoms with Gasteiger partial charge in [0, 0.05) is 23.7 Å². The first-order valence-electron chi connectivity index (χ1n) is 10.1. The van der Waals surface area contributed by atoms with Crippen LogP contribution in [0.15, 0.2) is 48.7 Å². The average molecular weight is 453 g/mol. The number of amides is 1. The number of ether oxygens (including phenoxy) is 2. The van der Waals surface area contributed by atoms with Gasteiger partial charge >= 0.3 is 12.3 Å². The van der Waals surface area contributed by atoms with Gasteiger partial charge in [0.2, 0.25) is 11.9 Å². The van der Waals surface area contributed by atoms with E-state index in [1.165, 1.54) is 35.2 Å². The van der Waals surface area contributed by atoms with Crippen LogP contribution in [0.3, 0.4) is 0 Å². The molecule has 1 saturated carbocycles. The minimum Gasteiger partial charge on any atom is -0.478 e. The van der Waals surface area contributed by atoms with Gasteiger partial charge in [-0.2, -0.15) is 0 Å². The molecule has 0 bridgehead atoms. The van der Waals surface area contributed by atoms with Crippen molar-refractivity contribution in [2.45, 2.75) is 26.1 Å². The third kappa shape index (κ3) is 3.95. The molecule has 168 valence electrons. The van der Waals surface area contributed by atoms with Gasteiger partial charge in [0.25, 0.3) is 0 Å². The van der Waals surface area contributed by atoms with E-state index in [4.69, 9.17) is 5.11 Å². The first kappa shape index (κ1) is 20.8. The maximum atomic E-state index is 13.5. The molecule has 2 heterocycles. The number of carboxylic acid groups (broad SMARTS) is 1. The fraction of sp³-hybridized carbons (Fsp3) is 0.217. The standard InChI is InChI=1S/C23H17F2N3O5/c1-12-11-26-22(27-19(12)13-2-6-15(7-3-13)21(30)31)28(20(29)14-4-5-14)16-8-9-17-18(10-16)33-23(24,25)32-17/h2-3,6-11,14H,4-5H2,1H3,(H,30,31). The van der Waals surface area contributed by atoms with E-state index in [1.54, 1.807) is 25.3 Å². The molecule has 2 aromatic carbocycles. The van der Waals surface area contributed by atoms with Gasteiger partial charge in [-0.25, -0.2) is 19.7 Å². The number of benzene rings is 2. The summed E-state index contributed by atoms with van der Waals surface area (Å²) < 4.78 is 35.9. The maximum Gasteiger partial charge on any atom is 0.586 e. The lowest BCUT2D eigenvalue weighted by molar-refractivity contribution is -0.286. The van der Waals surface area contributed by atoms with Crippen LogP contribution in [0.4, 0.5) is 20.4 Å². The van der Waals surface area contributed by atoms with E-state index < -0.39 is 12.3 Å². The number of halogens is 2. The highest BCUT2D eigenvalue weighted by Gasteiger charge is 2.44. The van der Waals surface area contributed by atoms with Crippen LogP contribution in [0.2, 0.25) is 0 Å². The van der Waals surface area contributed by atoms with E-state index in [0.29, 0.717) is 29.7 Å². The second-order valence-electron chi connectivity index (χ2n) is 7.83. The van der Waals surface area contributed by atoms with E-state index >= 15 is 0 Å². The van der Waals surface area contributed by atoms with Crippen LogP contribution in [0, 0.1) is 12.8 Å². The molecule has 0 saturated heterocycles. The topological polar surface area (TPSA) is 102 Å². The molecule has 8 nitrogen and oxygen atoms in total. The molecular formula is C23H17F2N3O5. The third-order valence-corrected chi connectivity index (χ3v) is 5.35. The van der Waals surface area contributed by atoms with Crippen molar-refractivity contribution in [1.82, 2.24) is 9.97 Å². The molecule has 10 heteroatoms. The number of hydrogen-bond acceptors (Lipinski definition) is 6. The molecule has 33 heavy (non-hydrogen) atoms. The molecule has 1 aliphatic carbocycles.